The summed E-state index contributed by atoms with van der Waals surface area (Å²) >= 11 is 0. The van der Waals surface area contributed by atoms with Crippen LogP contribution in [0, 0.1) is 0 Å². The van der Waals surface area contributed by atoms with E-state index >= 15 is 0 Å². The van der Waals surface area contributed by atoms with E-state index < -0.39 is 0 Å². The molecule has 1 saturated heterocycles. The first-order valence-corrected chi connectivity index (χ1v) is 6.58. The summed E-state index contributed by atoms with van der Waals surface area (Å²) < 4.78 is 15.7. The zero-order chi connectivity index (χ0) is 12.8. The van der Waals surface area contributed by atoms with Gasteiger partial charge in [-0.1, -0.05) is 12.1 Å². The summed E-state index contributed by atoms with van der Waals surface area (Å²) in [5.74, 6) is 0. The van der Waals surface area contributed by atoms with E-state index in [0.29, 0.717) is 6.04 Å². The molecule has 1 aliphatic heterocycles. The molecule has 0 saturated carbocycles. The molecule has 1 aliphatic rings. The molecule has 1 atom stereocenters. The quantitative estimate of drug-likeness (QED) is 0.737. The van der Waals surface area contributed by atoms with Gasteiger partial charge in [-0.15, -0.1) is 0 Å². The van der Waals surface area contributed by atoms with Crippen molar-refractivity contribution in [3.8, 4) is 0 Å². The topological polar surface area (TPSA) is 47.7 Å². The summed E-state index contributed by atoms with van der Waals surface area (Å²) in [5.41, 5.74) is 2.23. The molecule has 0 amide bonds. The second-order valence-corrected chi connectivity index (χ2v) is 4.62. The summed E-state index contributed by atoms with van der Waals surface area (Å²) in [6.45, 7) is 6.29. The Kier molecular flexibility index (Phi) is 5.16. The van der Waals surface area contributed by atoms with Crippen molar-refractivity contribution < 1.29 is 14.0 Å². The molecule has 5 nitrogen and oxygen atoms in total. The predicted molar refractivity (Wildman–Crippen MR) is 67.4 cm³/mol. The Morgan fingerprint density at radius 1 is 1.56 bits per heavy atom. The highest BCUT2D eigenvalue weighted by molar-refractivity contribution is 5.14. The molecule has 1 fully saturated rings. The first-order chi connectivity index (χ1) is 8.85. The molecule has 0 aromatic carbocycles. The summed E-state index contributed by atoms with van der Waals surface area (Å²) in [6.07, 6.45) is 3.76. The standard InChI is InChI=1S/C13H22N2O3/c1-3-13-11(9-18-14-13)8-15(5-7-16-2)12-4-6-17-10-12/h9,12H,3-8,10H2,1-2H3. The van der Waals surface area contributed by atoms with Gasteiger partial charge in [0.15, 0.2) is 0 Å². The van der Waals surface area contributed by atoms with E-state index in [2.05, 4.69) is 17.0 Å². The van der Waals surface area contributed by atoms with Crippen molar-refractivity contribution in [2.75, 3.05) is 33.5 Å². The maximum atomic E-state index is 5.47. The highest BCUT2D eigenvalue weighted by Crippen LogP contribution is 2.17. The molecule has 1 aromatic heterocycles. The fraction of sp³-hybridized carbons (Fsp3) is 0.769. The van der Waals surface area contributed by atoms with E-state index in [-0.39, 0.29) is 0 Å². The van der Waals surface area contributed by atoms with Crippen molar-refractivity contribution in [2.45, 2.75) is 32.4 Å². The molecule has 18 heavy (non-hydrogen) atoms. The average Bonchev–Trinajstić information content (AvgIpc) is 3.04. The third-order valence-electron chi connectivity index (χ3n) is 3.44. The molecular weight excluding hydrogens is 232 g/mol. The molecule has 0 radical (unpaired) electrons. The lowest BCUT2D eigenvalue weighted by Gasteiger charge is -2.27. The van der Waals surface area contributed by atoms with E-state index in [1.54, 1.807) is 13.4 Å². The van der Waals surface area contributed by atoms with Crippen LogP contribution in [0.25, 0.3) is 0 Å². The molecule has 2 rings (SSSR count). The van der Waals surface area contributed by atoms with Crippen LogP contribution in [-0.4, -0.2) is 49.6 Å². The van der Waals surface area contributed by atoms with Gasteiger partial charge in [-0.2, -0.15) is 0 Å². The van der Waals surface area contributed by atoms with E-state index in [9.17, 15) is 0 Å². The van der Waals surface area contributed by atoms with Crippen molar-refractivity contribution in [2.24, 2.45) is 0 Å². The second kappa shape index (κ2) is 6.87. The lowest BCUT2D eigenvalue weighted by Crippen LogP contribution is -2.37. The minimum absolute atomic E-state index is 0.486. The van der Waals surface area contributed by atoms with Gasteiger partial charge in [0.25, 0.3) is 0 Å². The minimum atomic E-state index is 0.486. The van der Waals surface area contributed by atoms with E-state index in [4.69, 9.17) is 14.0 Å². The summed E-state index contributed by atoms with van der Waals surface area (Å²) in [7, 11) is 1.74. The molecule has 1 aromatic rings. The van der Waals surface area contributed by atoms with Gasteiger partial charge < -0.3 is 14.0 Å². The third-order valence-corrected chi connectivity index (χ3v) is 3.44. The fourth-order valence-electron chi connectivity index (χ4n) is 2.33. The average molecular weight is 254 g/mol. The number of nitrogens with zero attached hydrogens (tertiary/aromatic N) is 2. The van der Waals surface area contributed by atoms with Gasteiger partial charge in [-0.3, -0.25) is 4.90 Å². The van der Waals surface area contributed by atoms with Crippen molar-refractivity contribution in [1.29, 1.82) is 0 Å². The zero-order valence-electron chi connectivity index (χ0n) is 11.2. The van der Waals surface area contributed by atoms with Gasteiger partial charge in [0, 0.05) is 38.4 Å². The monoisotopic (exact) mass is 254 g/mol. The Morgan fingerprint density at radius 3 is 3.11 bits per heavy atom. The number of aryl methyl sites for hydroxylation is 1. The highest BCUT2D eigenvalue weighted by atomic mass is 16.5. The molecule has 1 unspecified atom stereocenters. The molecule has 2 heterocycles. The Morgan fingerprint density at radius 2 is 2.44 bits per heavy atom. The van der Waals surface area contributed by atoms with Crippen LogP contribution < -0.4 is 0 Å². The van der Waals surface area contributed by atoms with Gasteiger partial charge in [0.05, 0.1) is 18.9 Å². The maximum Gasteiger partial charge on any atom is 0.128 e. The number of ether oxygens (including phenoxy) is 2. The SMILES string of the molecule is CCc1nocc1CN(CCOC)C1CCOC1. The van der Waals surface area contributed by atoms with Crippen LogP contribution in [0.15, 0.2) is 10.8 Å². The largest absolute Gasteiger partial charge is 0.383 e. The van der Waals surface area contributed by atoms with Gasteiger partial charge in [-0.25, -0.2) is 0 Å². The predicted octanol–water partition coefficient (Wildman–Crippen LogP) is 1.47. The number of rotatable bonds is 7. The van der Waals surface area contributed by atoms with Gasteiger partial charge in [0.1, 0.15) is 6.26 Å². The van der Waals surface area contributed by atoms with Crippen molar-refractivity contribution in [3.05, 3.63) is 17.5 Å². The number of hydrogen-bond acceptors (Lipinski definition) is 5. The number of methoxy groups -OCH3 is 1. The first-order valence-electron chi connectivity index (χ1n) is 6.58. The van der Waals surface area contributed by atoms with Gasteiger partial charge >= 0.3 is 0 Å². The van der Waals surface area contributed by atoms with Crippen LogP contribution >= 0.6 is 0 Å². The molecule has 0 aliphatic carbocycles. The molecule has 0 N–H and O–H groups in total. The van der Waals surface area contributed by atoms with E-state index in [1.807, 2.05) is 0 Å². The normalized spacial score (nSPS) is 19.8. The van der Waals surface area contributed by atoms with Crippen LogP contribution in [0.5, 0.6) is 0 Å². The Balaban J connectivity index is 1.99. The number of aromatic nitrogens is 1. The zero-order valence-corrected chi connectivity index (χ0v) is 11.2. The summed E-state index contributed by atoms with van der Waals surface area (Å²) in [6, 6.07) is 0.486. The molecule has 0 spiro atoms. The Hall–Kier alpha value is -0.910. The molecule has 102 valence electrons. The van der Waals surface area contributed by atoms with Crippen LogP contribution in [0.4, 0.5) is 0 Å². The number of hydrogen-bond donors (Lipinski definition) is 0. The third kappa shape index (κ3) is 3.31. The Bertz CT molecular complexity index is 348. The lowest BCUT2D eigenvalue weighted by molar-refractivity contribution is 0.100. The highest BCUT2D eigenvalue weighted by Gasteiger charge is 2.24. The second-order valence-electron chi connectivity index (χ2n) is 4.62. The smallest absolute Gasteiger partial charge is 0.128 e. The lowest BCUT2D eigenvalue weighted by atomic mass is 10.1. The van der Waals surface area contributed by atoms with Crippen molar-refractivity contribution >= 4 is 0 Å². The van der Waals surface area contributed by atoms with Gasteiger partial charge in [-0.05, 0) is 12.8 Å². The Labute approximate surface area is 108 Å². The van der Waals surface area contributed by atoms with Crippen molar-refractivity contribution in [1.82, 2.24) is 10.1 Å². The van der Waals surface area contributed by atoms with Crippen LogP contribution in [0.3, 0.4) is 0 Å². The first kappa shape index (κ1) is 13.5. The molecule has 5 heteroatoms. The van der Waals surface area contributed by atoms with Crippen LogP contribution in [-0.2, 0) is 22.4 Å². The maximum absolute atomic E-state index is 5.47. The minimum Gasteiger partial charge on any atom is -0.383 e. The summed E-state index contributed by atoms with van der Waals surface area (Å²) in [5, 5.41) is 4.03. The van der Waals surface area contributed by atoms with Crippen molar-refractivity contribution in [3.63, 3.8) is 0 Å². The van der Waals surface area contributed by atoms with E-state index in [0.717, 1.165) is 51.4 Å². The van der Waals surface area contributed by atoms with Gasteiger partial charge in [0.2, 0.25) is 0 Å². The van der Waals surface area contributed by atoms with Crippen LogP contribution in [0.2, 0.25) is 0 Å². The summed E-state index contributed by atoms with van der Waals surface area (Å²) in [4.78, 5) is 2.40. The molecule has 0 bridgehead atoms. The van der Waals surface area contributed by atoms with Crippen LogP contribution in [0.1, 0.15) is 24.6 Å². The molecular formula is C13H22N2O3. The van der Waals surface area contributed by atoms with E-state index in [1.165, 1.54) is 5.56 Å². The fourth-order valence-corrected chi connectivity index (χ4v) is 2.33.